The van der Waals surface area contributed by atoms with Crippen molar-refractivity contribution < 1.29 is 9.90 Å². The van der Waals surface area contributed by atoms with E-state index >= 15 is 0 Å². The first-order valence-electron chi connectivity index (χ1n) is 6.71. The van der Waals surface area contributed by atoms with Crippen LogP contribution in [0.25, 0.3) is 10.9 Å². The lowest BCUT2D eigenvalue weighted by Crippen LogP contribution is -2.02. The van der Waals surface area contributed by atoms with E-state index in [1.807, 2.05) is 30.3 Å². The monoisotopic (exact) mass is 291 g/mol. The molecule has 2 aromatic carbocycles. The van der Waals surface area contributed by atoms with E-state index in [9.17, 15) is 4.79 Å². The quantitative estimate of drug-likeness (QED) is 0.571. The van der Waals surface area contributed by atoms with Crippen LogP contribution >= 0.6 is 0 Å². The van der Waals surface area contributed by atoms with E-state index < -0.39 is 5.97 Å². The second-order valence-electron chi connectivity index (χ2n) is 4.64. The second-order valence-corrected chi connectivity index (χ2v) is 4.64. The molecule has 22 heavy (non-hydrogen) atoms. The van der Waals surface area contributed by atoms with Gasteiger partial charge in [0.25, 0.3) is 0 Å². The van der Waals surface area contributed by atoms with E-state index in [4.69, 9.17) is 5.11 Å². The summed E-state index contributed by atoms with van der Waals surface area (Å²) in [6.07, 6.45) is 3.36. The van der Waals surface area contributed by atoms with Crippen molar-refractivity contribution in [3.63, 3.8) is 0 Å². The molecule has 0 spiro atoms. The molecule has 0 atom stereocenters. The van der Waals surface area contributed by atoms with Crippen LogP contribution in [0.2, 0.25) is 0 Å². The van der Waals surface area contributed by atoms with Gasteiger partial charge in [0.15, 0.2) is 0 Å². The van der Waals surface area contributed by atoms with Gasteiger partial charge in [0.05, 0.1) is 23.0 Å². The highest BCUT2D eigenvalue weighted by atomic mass is 16.4. The van der Waals surface area contributed by atoms with Crippen LogP contribution in [-0.4, -0.2) is 22.3 Å². The Labute approximate surface area is 126 Å². The number of aromatic nitrogens is 1. The number of hydrogen-bond acceptors (Lipinski definition) is 4. The maximum atomic E-state index is 11.1. The van der Waals surface area contributed by atoms with Gasteiger partial charge in [-0.2, -0.15) is 5.10 Å². The number of aromatic carboxylic acids is 1. The van der Waals surface area contributed by atoms with Crippen molar-refractivity contribution in [1.82, 2.24) is 4.98 Å². The van der Waals surface area contributed by atoms with Gasteiger partial charge in [-0.3, -0.25) is 10.4 Å². The van der Waals surface area contributed by atoms with Crippen LogP contribution in [-0.2, 0) is 0 Å². The summed E-state index contributed by atoms with van der Waals surface area (Å²) in [6, 6.07) is 16.3. The fourth-order valence-corrected chi connectivity index (χ4v) is 2.17. The van der Waals surface area contributed by atoms with Gasteiger partial charge in [0, 0.05) is 17.1 Å². The van der Waals surface area contributed by atoms with E-state index in [-0.39, 0.29) is 5.56 Å². The molecule has 3 rings (SSSR count). The summed E-state index contributed by atoms with van der Waals surface area (Å²) in [4.78, 5) is 15.5. The van der Waals surface area contributed by atoms with Gasteiger partial charge in [-0.1, -0.05) is 36.4 Å². The lowest BCUT2D eigenvalue weighted by Gasteiger charge is -2.04. The smallest absolute Gasteiger partial charge is 0.337 e. The van der Waals surface area contributed by atoms with E-state index in [0.29, 0.717) is 5.69 Å². The zero-order valence-corrected chi connectivity index (χ0v) is 11.6. The molecule has 3 aromatic rings. The number of pyridine rings is 1. The van der Waals surface area contributed by atoms with Crippen molar-refractivity contribution in [2.24, 2.45) is 5.10 Å². The minimum Gasteiger partial charge on any atom is -0.478 e. The first-order valence-corrected chi connectivity index (χ1v) is 6.71. The van der Waals surface area contributed by atoms with Crippen LogP contribution in [0.5, 0.6) is 0 Å². The van der Waals surface area contributed by atoms with Gasteiger partial charge in [-0.05, 0) is 18.2 Å². The van der Waals surface area contributed by atoms with Crippen molar-refractivity contribution in [3.8, 4) is 0 Å². The van der Waals surface area contributed by atoms with Crippen LogP contribution in [0.1, 0.15) is 15.9 Å². The number of hydrazone groups is 1. The van der Waals surface area contributed by atoms with E-state index in [1.54, 1.807) is 30.6 Å². The SMILES string of the molecule is O=C(O)c1ccccc1N/N=C\c1cccc2cccnc12. The number of rotatable bonds is 4. The van der Waals surface area contributed by atoms with Gasteiger partial charge in [0.1, 0.15) is 0 Å². The van der Waals surface area contributed by atoms with E-state index in [1.165, 1.54) is 6.07 Å². The van der Waals surface area contributed by atoms with Crippen LogP contribution in [0.4, 0.5) is 5.69 Å². The van der Waals surface area contributed by atoms with Crippen molar-refractivity contribution in [2.45, 2.75) is 0 Å². The molecule has 1 aromatic heterocycles. The number of anilines is 1. The third-order valence-corrected chi connectivity index (χ3v) is 3.21. The molecule has 5 nitrogen and oxygen atoms in total. The fourth-order valence-electron chi connectivity index (χ4n) is 2.17. The van der Waals surface area contributed by atoms with E-state index in [2.05, 4.69) is 15.5 Å². The maximum absolute atomic E-state index is 11.1. The summed E-state index contributed by atoms with van der Waals surface area (Å²) in [5.74, 6) is -0.995. The average Bonchev–Trinajstić information content (AvgIpc) is 2.55. The topological polar surface area (TPSA) is 74.6 Å². The van der Waals surface area contributed by atoms with Crippen molar-refractivity contribution in [1.29, 1.82) is 0 Å². The normalized spacial score (nSPS) is 10.9. The Balaban J connectivity index is 1.87. The molecule has 0 aliphatic carbocycles. The first-order chi connectivity index (χ1) is 10.8. The van der Waals surface area contributed by atoms with E-state index in [0.717, 1.165) is 16.5 Å². The molecule has 0 bridgehead atoms. The molecular weight excluding hydrogens is 278 g/mol. The summed E-state index contributed by atoms with van der Waals surface area (Å²) in [6.45, 7) is 0. The number of fused-ring (bicyclic) bond motifs is 1. The molecule has 2 N–H and O–H groups in total. The largest absolute Gasteiger partial charge is 0.478 e. The average molecular weight is 291 g/mol. The first kappa shape index (κ1) is 13.8. The number of nitrogens with zero attached hydrogens (tertiary/aromatic N) is 2. The predicted octanol–water partition coefficient (Wildman–Crippen LogP) is 3.38. The molecule has 0 saturated heterocycles. The highest BCUT2D eigenvalue weighted by Gasteiger charge is 2.07. The van der Waals surface area contributed by atoms with Gasteiger partial charge in [0.2, 0.25) is 0 Å². The van der Waals surface area contributed by atoms with Crippen LogP contribution in [0.3, 0.4) is 0 Å². The zero-order chi connectivity index (χ0) is 15.4. The lowest BCUT2D eigenvalue weighted by atomic mass is 10.1. The molecule has 0 aliphatic rings. The van der Waals surface area contributed by atoms with Crippen LogP contribution in [0, 0.1) is 0 Å². The standard InChI is InChI=1S/C17H13N3O2/c21-17(22)14-8-1-2-9-15(14)20-19-11-13-6-3-5-12-7-4-10-18-16(12)13/h1-11,20H,(H,21,22)/b19-11-. The molecule has 0 amide bonds. The highest BCUT2D eigenvalue weighted by Crippen LogP contribution is 2.16. The second kappa shape index (κ2) is 6.05. The summed E-state index contributed by atoms with van der Waals surface area (Å²) in [5, 5.41) is 14.3. The Kier molecular flexibility index (Phi) is 3.78. The summed E-state index contributed by atoms with van der Waals surface area (Å²) in [7, 11) is 0. The molecule has 0 unspecified atom stereocenters. The van der Waals surface area contributed by atoms with Crippen molar-refractivity contribution >= 4 is 28.8 Å². The summed E-state index contributed by atoms with van der Waals surface area (Å²) < 4.78 is 0. The molecule has 1 heterocycles. The third-order valence-electron chi connectivity index (χ3n) is 3.21. The number of carbonyl (C=O) groups is 1. The lowest BCUT2D eigenvalue weighted by molar-refractivity contribution is 0.0698. The number of carboxylic acid groups (broad SMARTS) is 1. The number of hydrogen-bond donors (Lipinski definition) is 2. The summed E-state index contributed by atoms with van der Waals surface area (Å²) >= 11 is 0. The number of nitrogens with one attached hydrogen (secondary N) is 1. The van der Waals surface area contributed by atoms with Crippen molar-refractivity contribution in [2.75, 3.05) is 5.43 Å². The molecule has 5 heteroatoms. The van der Waals surface area contributed by atoms with Gasteiger partial charge >= 0.3 is 5.97 Å². The number of carboxylic acids is 1. The molecular formula is C17H13N3O2. The Bertz CT molecular complexity index is 854. The minimum absolute atomic E-state index is 0.177. The number of para-hydroxylation sites is 2. The third kappa shape index (κ3) is 2.78. The Hall–Kier alpha value is -3.21. The van der Waals surface area contributed by atoms with Gasteiger partial charge < -0.3 is 5.11 Å². The Morgan fingerprint density at radius 2 is 1.91 bits per heavy atom. The maximum Gasteiger partial charge on any atom is 0.337 e. The minimum atomic E-state index is -0.995. The molecule has 0 aliphatic heterocycles. The fraction of sp³-hybridized carbons (Fsp3) is 0. The molecule has 108 valence electrons. The Morgan fingerprint density at radius 1 is 1.09 bits per heavy atom. The molecule has 0 saturated carbocycles. The highest BCUT2D eigenvalue weighted by molar-refractivity contribution is 5.98. The Morgan fingerprint density at radius 3 is 2.77 bits per heavy atom. The molecule has 0 fully saturated rings. The molecule has 0 radical (unpaired) electrons. The zero-order valence-electron chi connectivity index (χ0n) is 11.6. The summed E-state index contributed by atoms with van der Waals surface area (Å²) in [5.41, 5.74) is 5.10. The van der Waals surface area contributed by atoms with Gasteiger partial charge in [-0.15, -0.1) is 0 Å². The van der Waals surface area contributed by atoms with Crippen molar-refractivity contribution in [3.05, 3.63) is 71.9 Å². The van der Waals surface area contributed by atoms with Crippen LogP contribution < -0.4 is 5.43 Å². The van der Waals surface area contributed by atoms with Gasteiger partial charge in [-0.25, -0.2) is 4.79 Å². The number of benzene rings is 2. The van der Waals surface area contributed by atoms with Crippen LogP contribution in [0.15, 0.2) is 65.9 Å². The predicted molar refractivity (Wildman–Crippen MR) is 86.4 cm³/mol.